The van der Waals surface area contributed by atoms with E-state index in [9.17, 15) is 4.79 Å². The van der Waals surface area contributed by atoms with E-state index >= 15 is 0 Å². The summed E-state index contributed by atoms with van der Waals surface area (Å²) in [6.07, 6.45) is 0. The van der Waals surface area contributed by atoms with Gasteiger partial charge in [-0.1, -0.05) is 60.0 Å². The largest absolute Gasteiger partial charge is 0.302 e. The molecule has 0 aliphatic carbocycles. The Balaban J connectivity index is 0.00000280. The first kappa shape index (κ1) is 23.7. The molecule has 3 rings (SSSR count). The fourth-order valence-corrected chi connectivity index (χ4v) is 5.41. The maximum Gasteiger partial charge on any atom is 0.262 e. The lowest BCUT2D eigenvalue weighted by Crippen LogP contribution is -2.38. The average Bonchev–Trinajstić information content (AvgIpc) is 3.20. The number of thiazole rings is 1. The van der Waals surface area contributed by atoms with Crippen LogP contribution in [-0.2, 0) is 0 Å². The van der Waals surface area contributed by atoms with Crippen molar-refractivity contribution in [2.24, 2.45) is 0 Å². The summed E-state index contributed by atoms with van der Waals surface area (Å²) in [7, 11) is 0. The molecule has 1 amide bonds. The van der Waals surface area contributed by atoms with Gasteiger partial charge in [0.15, 0.2) is 5.13 Å². The first-order valence-corrected chi connectivity index (χ1v) is 11.2. The zero-order chi connectivity index (χ0) is 19.6. The summed E-state index contributed by atoms with van der Waals surface area (Å²) in [4.78, 5) is 21.8. The summed E-state index contributed by atoms with van der Waals surface area (Å²) in [5, 5.41) is 1.27. The Morgan fingerprint density at radius 2 is 1.79 bits per heavy atom. The van der Waals surface area contributed by atoms with Crippen molar-refractivity contribution in [3.63, 3.8) is 0 Å². The normalized spacial score (nSPS) is 11.1. The molecule has 2 aromatic heterocycles. The number of halogens is 4. The molecule has 28 heavy (non-hydrogen) atoms. The van der Waals surface area contributed by atoms with E-state index in [4.69, 9.17) is 34.8 Å². The smallest absolute Gasteiger partial charge is 0.262 e. The number of hydrogen-bond donors (Lipinski definition) is 0. The number of carbonyl (C=O) groups is 1. The van der Waals surface area contributed by atoms with Gasteiger partial charge in [-0.2, -0.15) is 0 Å². The number of amides is 1. The zero-order valence-corrected chi connectivity index (χ0v) is 20.0. The Morgan fingerprint density at radius 3 is 2.39 bits per heavy atom. The van der Waals surface area contributed by atoms with E-state index in [2.05, 4.69) is 23.7 Å². The molecule has 0 atom stereocenters. The molecule has 0 fully saturated rings. The number of fused-ring (bicyclic) bond motifs is 1. The Hall–Kier alpha value is -0.600. The molecular weight excluding hydrogens is 480 g/mol. The van der Waals surface area contributed by atoms with Gasteiger partial charge in [0, 0.05) is 18.1 Å². The highest BCUT2D eigenvalue weighted by Gasteiger charge is 2.25. The van der Waals surface area contributed by atoms with Crippen molar-refractivity contribution in [2.75, 3.05) is 31.1 Å². The third kappa shape index (κ3) is 5.30. The van der Waals surface area contributed by atoms with Crippen LogP contribution in [0.15, 0.2) is 24.3 Å². The van der Waals surface area contributed by atoms with Gasteiger partial charge in [-0.3, -0.25) is 9.69 Å². The first-order valence-electron chi connectivity index (χ1n) is 8.48. The number of rotatable bonds is 7. The van der Waals surface area contributed by atoms with Crippen LogP contribution in [0.3, 0.4) is 0 Å². The number of hydrogen-bond acceptors (Lipinski definition) is 5. The van der Waals surface area contributed by atoms with Gasteiger partial charge in [0.05, 0.1) is 20.1 Å². The van der Waals surface area contributed by atoms with Gasteiger partial charge in [0.1, 0.15) is 4.34 Å². The Bertz CT molecular complexity index is 956. The Labute approximate surface area is 193 Å². The van der Waals surface area contributed by atoms with Crippen LogP contribution in [0, 0.1) is 0 Å². The highest BCUT2D eigenvalue weighted by Crippen LogP contribution is 2.35. The fraction of sp³-hybridized carbons (Fsp3) is 0.333. The van der Waals surface area contributed by atoms with Crippen LogP contribution in [-0.4, -0.2) is 42.0 Å². The van der Waals surface area contributed by atoms with E-state index in [1.807, 2.05) is 12.1 Å². The lowest BCUT2D eigenvalue weighted by Gasteiger charge is -2.24. The van der Waals surface area contributed by atoms with Gasteiger partial charge in [0.25, 0.3) is 5.91 Å². The zero-order valence-electron chi connectivity index (χ0n) is 15.2. The molecule has 0 N–H and O–H groups in total. The van der Waals surface area contributed by atoms with Gasteiger partial charge >= 0.3 is 0 Å². The van der Waals surface area contributed by atoms with Crippen molar-refractivity contribution in [3.8, 4) is 0 Å². The minimum atomic E-state index is -0.194. The third-order valence-electron chi connectivity index (χ3n) is 4.24. The molecule has 0 aliphatic rings. The predicted octanol–water partition coefficient (Wildman–Crippen LogP) is 6.73. The molecule has 0 spiro atoms. The minimum absolute atomic E-state index is 0. The number of carbonyl (C=O) groups excluding carboxylic acids is 1. The number of likely N-dealkylation sites (N-methyl/N-ethyl adjacent to an activating group) is 1. The molecule has 0 radical (unpaired) electrons. The molecule has 0 aliphatic heterocycles. The van der Waals surface area contributed by atoms with Crippen LogP contribution in [0.25, 0.3) is 10.2 Å². The molecule has 0 saturated carbocycles. The summed E-state index contributed by atoms with van der Waals surface area (Å²) in [6.45, 7) is 7.29. The lowest BCUT2D eigenvalue weighted by molar-refractivity contribution is 0.0984. The topological polar surface area (TPSA) is 36.4 Å². The molecule has 1 aromatic carbocycles. The van der Waals surface area contributed by atoms with E-state index in [0.717, 1.165) is 29.9 Å². The minimum Gasteiger partial charge on any atom is -0.302 e. The highest BCUT2D eigenvalue weighted by molar-refractivity contribution is 7.22. The van der Waals surface area contributed by atoms with Crippen molar-refractivity contribution in [1.29, 1.82) is 0 Å². The van der Waals surface area contributed by atoms with E-state index in [0.29, 0.717) is 30.9 Å². The Kier molecular flexibility index (Phi) is 8.82. The Morgan fingerprint density at radius 1 is 1.07 bits per heavy atom. The number of benzene rings is 1. The van der Waals surface area contributed by atoms with Crippen LogP contribution in [0.1, 0.15) is 24.2 Å². The van der Waals surface area contributed by atoms with E-state index in [-0.39, 0.29) is 18.3 Å². The summed E-state index contributed by atoms with van der Waals surface area (Å²) < 4.78 is 1.82. The van der Waals surface area contributed by atoms with E-state index in [1.165, 1.54) is 22.7 Å². The summed E-state index contributed by atoms with van der Waals surface area (Å²) in [5.41, 5.74) is 1.22. The predicted molar refractivity (Wildman–Crippen MR) is 126 cm³/mol. The van der Waals surface area contributed by atoms with Crippen molar-refractivity contribution in [1.82, 2.24) is 9.88 Å². The van der Waals surface area contributed by atoms with Gasteiger partial charge in [-0.25, -0.2) is 4.98 Å². The average molecular weight is 499 g/mol. The second-order valence-electron chi connectivity index (χ2n) is 5.83. The maximum atomic E-state index is 13.2. The number of aromatic nitrogens is 1. The SMILES string of the molecule is CCN(CC)CCN(C(=O)c1cc(Cl)sc1Cl)c1nc2ccc(Cl)cc2s1.Cl. The number of anilines is 1. The van der Waals surface area contributed by atoms with E-state index in [1.54, 1.807) is 17.0 Å². The van der Waals surface area contributed by atoms with Crippen LogP contribution < -0.4 is 4.90 Å². The van der Waals surface area contributed by atoms with Crippen LogP contribution in [0.4, 0.5) is 5.13 Å². The molecule has 10 heteroatoms. The molecule has 0 bridgehead atoms. The third-order valence-corrected chi connectivity index (χ3v) is 7.00. The second kappa shape index (κ2) is 10.4. The highest BCUT2D eigenvalue weighted by atomic mass is 35.5. The summed E-state index contributed by atoms with van der Waals surface area (Å²) >= 11 is 21.0. The second-order valence-corrected chi connectivity index (χ2v) is 9.56. The number of thiophene rings is 1. The molecule has 2 heterocycles. The molecule has 0 unspecified atom stereocenters. The standard InChI is InChI=1S/C18H18Cl3N3OS2.ClH/c1-3-23(4-2)7-8-24(17(25)12-10-15(20)27-16(12)21)18-22-13-6-5-11(19)9-14(13)26-18;/h5-6,9-10H,3-4,7-8H2,1-2H3;1H. The van der Waals surface area contributed by atoms with Crippen molar-refractivity contribution < 1.29 is 4.79 Å². The van der Waals surface area contributed by atoms with Gasteiger partial charge in [-0.15, -0.1) is 23.7 Å². The van der Waals surface area contributed by atoms with Gasteiger partial charge < -0.3 is 4.90 Å². The molecule has 3 aromatic rings. The van der Waals surface area contributed by atoms with Crippen molar-refractivity contribution in [3.05, 3.63) is 43.5 Å². The monoisotopic (exact) mass is 497 g/mol. The van der Waals surface area contributed by atoms with Gasteiger partial charge in [0.2, 0.25) is 0 Å². The van der Waals surface area contributed by atoms with Crippen LogP contribution in [0.2, 0.25) is 13.7 Å². The summed E-state index contributed by atoms with van der Waals surface area (Å²) in [5.74, 6) is -0.194. The van der Waals surface area contributed by atoms with Crippen molar-refractivity contribution >= 4 is 91.1 Å². The summed E-state index contributed by atoms with van der Waals surface area (Å²) in [6, 6.07) is 7.13. The quantitative estimate of drug-likeness (QED) is 0.362. The molecule has 4 nitrogen and oxygen atoms in total. The first-order chi connectivity index (χ1) is 12.9. The maximum absolute atomic E-state index is 13.2. The van der Waals surface area contributed by atoms with Gasteiger partial charge in [-0.05, 0) is 37.4 Å². The van der Waals surface area contributed by atoms with E-state index < -0.39 is 0 Å². The van der Waals surface area contributed by atoms with Crippen LogP contribution >= 0.6 is 69.9 Å². The molecule has 0 saturated heterocycles. The molecule has 152 valence electrons. The van der Waals surface area contributed by atoms with Crippen molar-refractivity contribution in [2.45, 2.75) is 13.8 Å². The molecular formula is C18H19Cl4N3OS2. The fourth-order valence-electron chi connectivity index (χ4n) is 2.70. The lowest BCUT2D eigenvalue weighted by atomic mass is 10.3. The number of nitrogens with zero attached hydrogens (tertiary/aromatic N) is 3. The van der Waals surface area contributed by atoms with Crippen LogP contribution in [0.5, 0.6) is 0 Å².